The van der Waals surface area contributed by atoms with E-state index in [1.165, 1.54) is 0 Å². The van der Waals surface area contributed by atoms with E-state index in [1.54, 1.807) is 0 Å². The maximum absolute atomic E-state index is 12.5. The van der Waals surface area contributed by atoms with Gasteiger partial charge in [-0.2, -0.15) is 5.10 Å². The van der Waals surface area contributed by atoms with Gasteiger partial charge in [-0.25, -0.2) is 0 Å². The minimum atomic E-state index is -0.161. The lowest BCUT2D eigenvalue weighted by Crippen LogP contribution is -2.28. The van der Waals surface area contributed by atoms with E-state index in [0.717, 1.165) is 48.3 Å². The number of aromatic amines is 1. The molecule has 0 aliphatic carbocycles. The Morgan fingerprint density at radius 2 is 2.15 bits per heavy atom. The van der Waals surface area contributed by atoms with Crippen LogP contribution in [0.15, 0.2) is 24.3 Å². The molecule has 0 spiro atoms. The van der Waals surface area contributed by atoms with Gasteiger partial charge in [0, 0.05) is 56.8 Å². The maximum Gasteiger partial charge on any atom is 0.272 e. The van der Waals surface area contributed by atoms with E-state index >= 15 is 0 Å². The van der Waals surface area contributed by atoms with Crippen molar-refractivity contribution in [3.05, 3.63) is 52.3 Å². The van der Waals surface area contributed by atoms with Crippen LogP contribution in [0.4, 0.5) is 0 Å². The van der Waals surface area contributed by atoms with Gasteiger partial charge in [0.25, 0.3) is 5.91 Å². The van der Waals surface area contributed by atoms with Crippen LogP contribution in [0.25, 0.3) is 0 Å². The molecule has 0 atom stereocenters. The van der Waals surface area contributed by atoms with Crippen LogP contribution in [0.3, 0.4) is 0 Å². The van der Waals surface area contributed by atoms with Crippen molar-refractivity contribution in [3.63, 3.8) is 0 Å². The third-order valence-corrected chi connectivity index (χ3v) is 5.01. The summed E-state index contributed by atoms with van der Waals surface area (Å²) in [6, 6.07) is 8.02. The molecule has 0 bridgehead atoms. The van der Waals surface area contributed by atoms with E-state index in [4.69, 9.17) is 0 Å². The zero-order valence-corrected chi connectivity index (χ0v) is 14.7. The summed E-state index contributed by atoms with van der Waals surface area (Å²) in [5.41, 5.74) is 4.60. The number of fused-ring (bicyclic) bond motifs is 1. The molecule has 2 aliphatic heterocycles. The molecule has 26 heavy (non-hydrogen) atoms. The first-order valence-corrected chi connectivity index (χ1v) is 9.11. The highest BCUT2D eigenvalue weighted by atomic mass is 16.2. The van der Waals surface area contributed by atoms with Crippen molar-refractivity contribution in [2.24, 2.45) is 0 Å². The fourth-order valence-corrected chi connectivity index (χ4v) is 3.61. The van der Waals surface area contributed by atoms with Gasteiger partial charge in [-0.05, 0) is 17.5 Å². The molecule has 2 aliphatic rings. The van der Waals surface area contributed by atoms with Gasteiger partial charge in [-0.1, -0.05) is 24.3 Å². The van der Waals surface area contributed by atoms with Crippen LogP contribution in [0, 0.1) is 0 Å². The Labute approximate surface area is 152 Å². The standard InChI is InChI=1S/C19H23N5O2/c25-17-5-2-8-24(17)12-14-4-1-3-13(9-14)10-21-19(26)18-15-11-20-7-6-16(15)22-23-18/h1,3-4,9,20H,2,5-8,10-12H2,(H,21,26)(H,22,23). The molecule has 7 heteroatoms. The number of hydrogen-bond donors (Lipinski definition) is 3. The molecule has 2 amide bonds. The van der Waals surface area contributed by atoms with Gasteiger partial charge in [0.05, 0.1) is 0 Å². The molecule has 3 N–H and O–H groups in total. The summed E-state index contributed by atoms with van der Waals surface area (Å²) in [5.74, 6) is 0.0620. The molecule has 1 saturated heterocycles. The van der Waals surface area contributed by atoms with Crippen LogP contribution < -0.4 is 10.6 Å². The second-order valence-electron chi connectivity index (χ2n) is 6.88. The number of hydrogen-bond acceptors (Lipinski definition) is 4. The van der Waals surface area contributed by atoms with Crippen LogP contribution in [-0.2, 0) is 30.8 Å². The smallest absolute Gasteiger partial charge is 0.272 e. The summed E-state index contributed by atoms with van der Waals surface area (Å²) < 4.78 is 0. The summed E-state index contributed by atoms with van der Waals surface area (Å²) in [4.78, 5) is 26.2. The highest BCUT2D eigenvalue weighted by Crippen LogP contribution is 2.17. The van der Waals surface area contributed by atoms with Gasteiger partial charge in [-0.3, -0.25) is 14.7 Å². The molecule has 3 heterocycles. The topological polar surface area (TPSA) is 90.1 Å². The van der Waals surface area contributed by atoms with Crippen molar-refractivity contribution < 1.29 is 9.59 Å². The molecule has 1 fully saturated rings. The van der Waals surface area contributed by atoms with Gasteiger partial charge >= 0.3 is 0 Å². The number of carbonyl (C=O) groups is 2. The van der Waals surface area contributed by atoms with Gasteiger partial charge in [0.15, 0.2) is 5.69 Å². The van der Waals surface area contributed by atoms with Crippen molar-refractivity contribution in [1.29, 1.82) is 0 Å². The summed E-state index contributed by atoms with van der Waals surface area (Å²) in [7, 11) is 0. The molecule has 1 aromatic heterocycles. The Balaban J connectivity index is 1.38. The van der Waals surface area contributed by atoms with Crippen LogP contribution in [0.2, 0.25) is 0 Å². The number of H-pyrrole nitrogens is 1. The number of likely N-dealkylation sites (tertiary alicyclic amines) is 1. The minimum Gasteiger partial charge on any atom is -0.347 e. The molecule has 2 aromatic rings. The molecule has 0 radical (unpaired) electrons. The summed E-state index contributed by atoms with van der Waals surface area (Å²) >= 11 is 0. The van der Waals surface area contributed by atoms with Crippen LogP contribution in [-0.4, -0.2) is 40.0 Å². The quantitative estimate of drug-likeness (QED) is 0.751. The predicted octanol–water partition coefficient (Wildman–Crippen LogP) is 1.11. The molecule has 4 rings (SSSR count). The van der Waals surface area contributed by atoms with E-state index in [-0.39, 0.29) is 11.8 Å². The zero-order chi connectivity index (χ0) is 17.9. The molecule has 7 nitrogen and oxygen atoms in total. The lowest BCUT2D eigenvalue weighted by atomic mass is 10.1. The van der Waals surface area contributed by atoms with Crippen LogP contribution in [0.5, 0.6) is 0 Å². The summed E-state index contributed by atoms with van der Waals surface area (Å²) in [5, 5.41) is 13.4. The first-order chi connectivity index (χ1) is 12.7. The first kappa shape index (κ1) is 16.8. The minimum absolute atomic E-state index is 0.161. The van der Waals surface area contributed by atoms with Crippen molar-refractivity contribution in [2.75, 3.05) is 13.1 Å². The Morgan fingerprint density at radius 3 is 3.00 bits per heavy atom. The van der Waals surface area contributed by atoms with Gasteiger partial charge in [-0.15, -0.1) is 0 Å². The summed E-state index contributed by atoms with van der Waals surface area (Å²) in [6.45, 7) is 3.49. The third-order valence-electron chi connectivity index (χ3n) is 5.01. The Bertz CT molecular complexity index is 829. The highest BCUT2D eigenvalue weighted by molar-refractivity contribution is 5.94. The van der Waals surface area contributed by atoms with Crippen molar-refractivity contribution in [2.45, 2.75) is 38.9 Å². The molecular formula is C19H23N5O2. The summed E-state index contributed by atoms with van der Waals surface area (Å²) in [6.07, 6.45) is 2.46. The van der Waals surface area contributed by atoms with Crippen molar-refractivity contribution in [3.8, 4) is 0 Å². The monoisotopic (exact) mass is 353 g/mol. The number of carbonyl (C=O) groups excluding carboxylic acids is 2. The Kier molecular flexibility index (Phi) is 4.71. The number of nitrogens with zero attached hydrogens (tertiary/aromatic N) is 2. The number of rotatable bonds is 5. The Hall–Kier alpha value is -2.67. The number of nitrogens with one attached hydrogen (secondary N) is 3. The molecule has 1 aromatic carbocycles. The van der Waals surface area contributed by atoms with E-state index in [9.17, 15) is 9.59 Å². The predicted molar refractivity (Wildman–Crippen MR) is 96.3 cm³/mol. The number of benzene rings is 1. The van der Waals surface area contributed by atoms with E-state index < -0.39 is 0 Å². The average Bonchev–Trinajstić information content (AvgIpc) is 3.27. The molecular weight excluding hydrogens is 330 g/mol. The SMILES string of the molecule is O=C(NCc1cccc(CN2CCCC2=O)c1)c1n[nH]c2c1CNCC2. The highest BCUT2D eigenvalue weighted by Gasteiger charge is 2.22. The molecule has 136 valence electrons. The average molecular weight is 353 g/mol. The third kappa shape index (κ3) is 3.48. The van der Waals surface area contributed by atoms with Crippen molar-refractivity contribution in [1.82, 2.24) is 25.7 Å². The van der Waals surface area contributed by atoms with Crippen LogP contribution >= 0.6 is 0 Å². The van der Waals surface area contributed by atoms with E-state index in [1.807, 2.05) is 29.2 Å². The maximum atomic E-state index is 12.5. The number of aromatic nitrogens is 2. The number of amides is 2. The molecule has 0 saturated carbocycles. The van der Waals surface area contributed by atoms with E-state index in [2.05, 4.69) is 20.8 Å². The van der Waals surface area contributed by atoms with Gasteiger partial charge in [0.1, 0.15) is 0 Å². The normalized spacial score (nSPS) is 16.6. The lowest BCUT2D eigenvalue weighted by molar-refractivity contribution is -0.128. The largest absolute Gasteiger partial charge is 0.347 e. The fraction of sp³-hybridized carbons (Fsp3) is 0.421. The van der Waals surface area contributed by atoms with Gasteiger partial charge < -0.3 is 15.5 Å². The fourth-order valence-electron chi connectivity index (χ4n) is 3.61. The molecule has 0 unspecified atom stereocenters. The lowest BCUT2D eigenvalue weighted by Gasteiger charge is -2.16. The second-order valence-corrected chi connectivity index (χ2v) is 6.88. The Morgan fingerprint density at radius 1 is 1.27 bits per heavy atom. The zero-order valence-electron chi connectivity index (χ0n) is 14.7. The van der Waals surface area contributed by atoms with Gasteiger partial charge in [0.2, 0.25) is 5.91 Å². The first-order valence-electron chi connectivity index (χ1n) is 9.11. The van der Waals surface area contributed by atoms with Crippen molar-refractivity contribution >= 4 is 11.8 Å². The van der Waals surface area contributed by atoms with E-state index in [0.29, 0.717) is 31.7 Å². The van der Waals surface area contributed by atoms with Crippen LogP contribution in [0.1, 0.15) is 45.7 Å². The second kappa shape index (κ2) is 7.29.